The van der Waals surface area contributed by atoms with Crippen molar-refractivity contribution in [1.29, 1.82) is 0 Å². The highest BCUT2D eigenvalue weighted by Crippen LogP contribution is 1.68. The van der Waals surface area contributed by atoms with E-state index in [9.17, 15) is 0 Å². The van der Waals surface area contributed by atoms with Gasteiger partial charge in [-0.2, -0.15) is 0 Å². The monoisotopic (exact) mass is 91.1 g/mol. The van der Waals surface area contributed by atoms with Crippen LogP contribution in [0.15, 0.2) is 30.4 Å². The molecule has 0 bridgehead atoms. The van der Waals surface area contributed by atoms with E-state index < -0.39 is 0 Å². The first-order valence-corrected chi connectivity index (χ1v) is 2.22. The van der Waals surface area contributed by atoms with Gasteiger partial charge in [-0.25, -0.2) is 0 Å². The van der Waals surface area contributed by atoms with E-state index in [-0.39, 0.29) is 0 Å². The average Bonchev–Trinajstić information content (AvgIpc) is 1.69. The van der Waals surface area contributed by atoms with E-state index in [1.165, 1.54) is 0 Å². The molecule has 0 rings (SSSR count). The number of hydrogen-bond acceptors (Lipinski definition) is 0. The lowest BCUT2D eigenvalue weighted by Gasteiger charge is -1.65. The number of rotatable bonds is 2. The minimum atomic E-state index is 1.76. The van der Waals surface area contributed by atoms with Crippen LogP contribution in [0, 0.1) is 0 Å². The van der Waals surface area contributed by atoms with Crippen molar-refractivity contribution in [3.63, 3.8) is 0 Å². The quantitative estimate of drug-likeness (QED) is 0.275. The highest BCUT2D eigenvalue weighted by Gasteiger charge is 1.60. The molecule has 0 aromatic carbocycles. The zero-order valence-corrected chi connectivity index (χ0v) is 4.52. The van der Waals surface area contributed by atoms with Crippen LogP contribution in [0.2, 0.25) is 6.82 Å². The summed E-state index contributed by atoms with van der Waals surface area (Å²) < 4.78 is 0. The fraction of sp³-hybridized carbons (Fsp3) is 0.167. The number of hydrogen-bond donors (Lipinski definition) is 0. The van der Waals surface area contributed by atoms with Crippen molar-refractivity contribution < 1.29 is 0 Å². The first-order valence-electron chi connectivity index (χ1n) is 2.22. The Morgan fingerprint density at radius 3 is 2.86 bits per heavy atom. The van der Waals surface area contributed by atoms with Crippen LogP contribution in [0.3, 0.4) is 0 Å². The third-order valence-corrected chi connectivity index (χ3v) is 0.518. The van der Waals surface area contributed by atoms with Crippen LogP contribution < -0.4 is 0 Å². The Bertz CT molecular complexity index is 96.7. The molecule has 0 aliphatic carbocycles. The lowest BCUT2D eigenvalue weighted by molar-refractivity contribution is 2.04. The summed E-state index contributed by atoms with van der Waals surface area (Å²) in [4.78, 5) is 0. The Hall–Kier alpha value is -0.675. The van der Waals surface area contributed by atoms with Gasteiger partial charge in [0.05, 0.1) is 0 Å². The summed E-state index contributed by atoms with van der Waals surface area (Å²) in [5.41, 5.74) is 2.62. The normalized spacial score (nSPS) is 8.14. The van der Waals surface area contributed by atoms with Crippen molar-refractivity contribution in [1.82, 2.24) is 0 Å². The molecule has 1 radical (unpaired) electrons. The van der Waals surface area contributed by atoms with Crippen LogP contribution >= 0.6 is 0 Å². The maximum Gasteiger partial charge on any atom is 0.137 e. The van der Waals surface area contributed by atoms with Gasteiger partial charge in [0.1, 0.15) is 7.28 Å². The van der Waals surface area contributed by atoms with E-state index in [1.807, 2.05) is 26.2 Å². The molecule has 0 unspecified atom stereocenters. The summed E-state index contributed by atoms with van der Waals surface area (Å²) in [6.45, 7) is 5.35. The molecule has 0 fully saturated rings. The van der Waals surface area contributed by atoms with Crippen LogP contribution in [0.5, 0.6) is 0 Å². The van der Waals surface area contributed by atoms with E-state index in [4.69, 9.17) is 0 Å². The van der Waals surface area contributed by atoms with Crippen LogP contribution in [-0.4, -0.2) is 7.28 Å². The summed E-state index contributed by atoms with van der Waals surface area (Å²) in [7, 11) is 1.95. The molecule has 0 aliphatic rings. The van der Waals surface area contributed by atoms with Gasteiger partial charge in [-0.3, -0.25) is 0 Å². The van der Waals surface area contributed by atoms with Crippen LogP contribution in [0.1, 0.15) is 0 Å². The van der Waals surface area contributed by atoms with Gasteiger partial charge in [0.25, 0.3) is 0 Å². The molecular formula is C6H8B. The first-order chi connectivity index (χ1) is 3.41. The van der Waals surface area contributed by atoms with Crippen molar-refractivity contribution in [2.45, 2.75) is 6.82 Å². The van der Waals surface area contributed by atoms with E-state index in [1.54, 1.807) is 6.08 Å². The summed E-state index contributed by atoms with van der Waals surface area (Å²) in [6, 6.07) is 0. The zero-order valence-electron chi connectivity index (χ0n) is 4.52. The molecule has 7 heavy (non-hydrogen) atoms. The number of allylic oxidation sites excluding steroid dienone is 2. The molecule has 0 N–H and O–H groups in total. The standard InChI is InChI=1S/C6H8B/c1-3-4-5-6-7-2/h4-6H,1H2,2H3. The average molecular weight is 90.9 g/mol. The van der Waals surface area contributed by atoms with E-state index in [0.29, 0.717) is 0 Å². The minimum absolute atomic E-state index is 1.76. The fourth-order valence-electron chi connectivity index (χ4n) is 0.235. The van der Waals surface area contributed by atoms with Crippen LogP contribution in [0.4, 0.5) is 0 Å². The first kappa shape index (κ1) is 6.32. The largest absolute Gasteiger partial charge is 0.137 e. The van der Waals surface area contributed by atoms with Gasteiger partial charge in [0.15, 0.2) is 0 Å². The Morgan fingerprint density at radius 1 is 1.71 bits per heavy atom. The summed E-state index contributed by atoms with van der Waals surface area (Å²) in [5, 5.41) is 0. The Morgan fingerprint density at radius 2 is 2.43 bits per heavy atom. The lowest BCUT2D eigenvalue weighted by atomic mass is 9.83. The molecule has 0 heterocycles. The van der Waals surface area contributed by atoms with Gasteiger partial charge in [0.2, 0.25) is 0 Å². The third kappa shape index (κ3) is 5.32. The molecule has 0 spiro atoms. The molecule has 1 heteroatoms. The second-order valence-corrected chi connectivity index (χ2v) is 1.09. The molecule has 0 amide bonds. The minimum Gasteiger partial charge on any atom is -0.129 e. The van der Waals surface area contributed by atoms with E-state index in [0.717, 1.165) is 0 Å². The Labute approximate surface area is 45.5 Å². The van der Waals surface area contributed by atoms with Crippen LogP contribution in [-0.2, 0) is 0 Å². The maximum absolute atomic E-state index is 3.39. The fourth-order valence-corrected chi connectivity index (χ4v) is 0.235. The van der Waals surface area contributed by atoms with Gasteiger partial charge in [-0.15, -0.1) is 11.7 Å². The highest BCUT2D eigenvalue weighted by atomic mass is 13.5. The lowest BCUT2D eigenvalue weighted by Crippen LogP contribution is -1.65. The van der Waals surface area contributed by atoms with Crippen molar-refractivity contribution >= 4 is 7.28 Å². The Balaban J connectivity index is 3.27. The maximum atomic E-state index is 3.39. The molecule has 0 aromatic heterocycles. The Kier molecular flexibility index (Phi) is 4.81. The van der Waals surface area contributed by atoms with Gasteiger partial charge in [-0.05, 0) is 6.08 Å². The summed E-state index contributed by atoms with van der Waals surface area (Å²) in [5.74, 6) is 1.93. The van der Waals surface area contributed by atoms with Gasteiger partial charge in [-0.1, -0.05) is 19.5 Å². The molecule has 0 aliphatic heterocycles. The third-order valence-electron chi connectivity index (χ3n) is 0.518. The smallest absolute Gasteiger partial charge is 0.129 e. The van der Waals surface area contributed by atoms with Crippen molar-refractivity contribution in [3.05, 3.63) is 30.4 Å². The SMILES string of the molecule is C=C=CC=C[B]C. The summed E-state index contributed by atoms with van der Waals surface area (Å²) >= 11 is 0. The van der Waals surface area contributed by atoms with Gasteiger partial charge in [0, 0.05) is 0 Å². The second-order valence-electron chi connectivity index (χ2n) is 1.09. The highest BCUT2D eigenvalue weighted by molar-refractivity contribution is 6.40. The zero-order chi connectivity index (χ0) is 5.54. The topological polar surface area (TPSA) is 0 Å². The summed E-state index contributed by atoms with van der Waals surface area (Å²) in [6.07, 6.45) is 3.65. The molecule has 0 saturated carbocycles. The van der Waals surface area contributed by atoms with Gasteiger partial charge >= 0.3 is 0 Å². The molecule has 0 nitrogen and oxygen atoms in total. The van der Waals surface area contributed by atoms with E-state index >= 15 is 0 Å². The van der Waals surface area contributed by atoms with Crippen molar-refractivity contribution in [2.75, 3.05) is 0 Å². The van der Waals surface area contributed by atoms with Crippen molar-refractivity contribution in [3.8, 4) is 0 Å². The predicted molar refractivity (Wildman–Crippen MR) is 34.5 cm³/mol. The van der Waals surface area contributed by atoms with Crippen LogP contribution in [0.25, 0.3) is 0 Å². The predicted octanol–water partition coefficient (Wildman–Crippen LogP) is 1.59. The van der Waals surface area contributed by atoms with Gasteiger partial charge < -0.3 is 0 Å². The molecule has 0 saturated heterocycles. The molecule has 0 atom stereocenters. The van der Waals surface area contributed by atoms with E-state index in [2.05, 4.69) is 12.3 Å². The second kappa shape index (κ2) is 5.32. The molecule has 35 valence electrons. The molecular weight excluding hydrogens is 82.9 g/mol. The molecule has 0 aromatic rings. The van der Waals surface area contributed by atoms with Crippen molar-refractivity contribution in [2.24, 2.45) is 0 Å².